The van der Waals surface area contributed by atoms with Gasteiger partial charge in [0.05, 0.1) is 89.6 Å². The molecule has 20 aromatic rings. The molecule has 0 aliphatic carbocycles. The second-order valence-corrected chi connectivity index (χ2v) is 22.8. The molecule has 13 aromatic carbocycles. The van der Waals surface area contributed by atoms with Crippen LogP contribution in [0.2, 0.25) is 0 Å². The predicted molar refractivity (Wildman–Crippen MR) is 363 cm³/mol. The molecule has 0 spiro atoms. The van der Waals surface area contributed by atoms with Gasteiger partial charge in [0.2, 0.25) is 11.6 Å². The van der Waals surface area contributed by atoms with Crippen LogP contribution in [-0.2, 0) is 0 Å². The summed E-state index contributed by atoms with van der Waals surface area (Å²) in [5, 5.41) is 10.1. The zero-order valence-electron chi connectivity index (χ0n) is 47.6. The van der Waals surface area contributed by atoms with Gasteiger partial charge in [-0.2, -0.15) is 0 Å². The first kappa shape index (κ1) is 49.0. The topological polar surface area (TPSA) is 101 Å². The first-order valence-electron chi connectivity index (χ1n) is 29.8. The molecule has 11 nitrogen and oxygen atoms in total. The molecule has 0 saturated carbocycles. The number of para-hydroxylation sites is 10. The van der Waals surface area contributed by atoms with Crippen LogP contribution in [0.25, 0.3) is 171 Å². The van der Waals surface area contributed by atoms with Crippen LogP contribution in [0, 0.1) is 0 Å². The lowest BCUT2D eigenvalue weighted by Crippen LogP contribution is -2.00. The van der Waals surface area contributed by atoms with Gasteiger partial charge in [0, 0.05) is 16.5 Å². The van der Waals surface area contributed by atoms with E-state index in [1.165, 1.54) is 59.7 Å². The highest BCUT2D eigenvalue weighted by molar-refractivity contribution is 6.26. The molecule has 0 atom stereocenters. The summed E-state index contributed by atoms with van der Waals surface area (Å²) >= 11 is 0. The summed E-state index contributed by atoms with van der Waals surface area (Å²) < 4.78 is 11.1. The average Bonchev–Trinajstić information content (AvgIpc) is 1.73. The summed E-state index contributed by atoms with van der Waals surface area (Å²) in [7, 11) is 0. The standard InChI is InChI=1S/C39H24N6.C39H23N5/c1-2-10-27(11-3-1)43-33-16-8-4-12-28(33)29-22-25(18-20-34(29)43)26-19-21-36-37(23-26)44-35-17-9-7-15-32(35)42-39(44)45(36)38-24-40-30-13-5-6-14-31(30)41-38;1-2-11-28-26(9-1)27-10-3-4-12-29(27)31-21-24(17-19-30(28)31)25-18-20-36-37(22-25)43-35-16-8-7-15-34(35)42-39(43)44(36)38-23-40-32-13-5-6-14-33(32)41-38/h1-24H;1-23H. The summed E-state index contributed by atoms with van der Waals surface area (Å²) in [4.78, 5) is 29.6. The van der Waals surface area contributed by atoms with Crippen LogP contribution in [0.15, 0.2) is 285 Å². The van der Waals surface area contributed by atoms with E-state index >= 15 is 0 Å². The average molecular weight is 1140 g/mol. The van der Waals surface area contributed by atoms with Gasteiger partial charge in [-0.1, -0.05) is 164 Å². The lowest BCUT2D eigenvalue weighted by Gasteiger charge is -2.12. The van der Waals surface area contributed by atoms with Gasteiger partial charge in [0.25, 0.3) is 0 Å². The van der Waals surface area contributed by atoms with Gasteiger partial charge < -0.3 is 4.57 Å². The monoisotopic (exact) mass is 1140 g/mol. The van der Waals surface area contributed by atoms with E-state index < -0.39 is 0 Å². The Morgan fingerprint density at radius 1 is 0.213 bits per heavy atom. The van der Waals surface area contributed by atoms with Gasteiger partial charge in [-0.3, -0.25) is 27.9 Å². The fourth-order valence-electron chi connectivity index (χ4n) is 13.8. The molecular formula is C78H47N11. The maximum absolute atomic E-state index is 5.07. The number of rotatable bonds is 5. The third kappa shape index (κ3) is 7.46. The predicted octanol–water partition coefficient (Wildman–Crippen LogP) is 18.6. The Labute approximate surface area is 506 Å². The van der Waals surface area contributed by atoms with Crippen molar-refractivity contribution in [2.24, 2.45) is 0 Å². The largest absolute Gasteiger partial charge is 0.309 e. The minimum Gasteiger partial charge on any atom is -0.309 e. The van der Waals surface area contributed by atoms with Crippen LogP contribution in [0.1, 0.15) is 0 Å². The molecule has 0 unspecified atom stereocenters. The molecule has 0 fully saturated rings. The van der Waals surface area contributed by atoms with E-state index in [0.717, 1.165) is 112 Å². The Balaban J connectivity index is 0.000000129. The molecule has 7 heterocycles. The Morgan fingerprint density at radius 3 is 1.11 bits per heavy atom. The van der Waals surface area contributed by atoms with Crippen molar-refractivity contribution in [2.75, 3.05) is 0 Å². The molecule has 0 aliphatic rings. The van der Waals surface area contributed by atoms with Crippen molar-refractivity contribution in [1.82, 2.24) is 52.4 Å². The van der Waals surface area contributed by atoms with E-state index in [4.69, 9.17) is 29.9 Å². The Bertz CT molecular complexity index is 6290. The first-order valence-corrected chi connectivity index (χ1v) is 29.8. The van der Waals surface area contributed by atoms with Crippen molar-refractivity contribution in [2.45, 2.75) is 0 Å². The minimum atomic E-state index is 0.742. The summed E-state index contributed by atoms with van der Waals surface area (Å²) in [5.74, 6) is 3.12. The van der Waals surface area contributed by atoms with Gasteiger partial charge in [0.1, 0.15) is 0 Å². The number of hydrogen-bond donors (Lipinski definition) is 0. The van der Waals surface area contributed by atoms with Gasteiger partial charge in [-0.15, -0.1) is 0 Å². The fraction of sp³-hybridized carbons (Fsp3) is 0. The second-order valence-electron chi connectivity index (χ2n) is 22.8. The molecule has 0 N–H and O–H groups in total. The van der Waals surface area contributed by atoms with E-state index in [2.05, 4.69) is 235 Å². The molecule has 0 saturated heterocycles. The normalized spacial score (nSPS) is 12.0. The zero-order valence-corrected chi connectivity index (χ0v) is 47.6. The Hall–Kier alpha value is -12.3. The Kier molecular flexibility index (Phi) is 10.5. The molecule has 0 amide bonds. The fourth-order valence-corrected chi connectivity index (χ4v) is 13.8. The van der Waals surface area contributed by atoms with Crippen LogP contribution >= 0.6 is 0 Å². The smallest absolute Gasteiger partial charge is 0.221 e. The van der Waals surface area contributed by atoms with E-state index in [1.807, 2.05) is 73.1 Å². The third-order valence-corrected chi connectivity index (χ3v) is 17.8. The molecule has 89 heavy (non-hydrogen) atoms. The number of fused-ring (bicyclic) bond motifs is 21. The van der Waals surface area contributed by atoms with Gasteiger partial charge in [-0.05, 0) is 164 Å². The van der Waals surface area contributed by atoms with Crippen LogP contribution in [-0.4, -0.2) is 52.4 Å². The van der Waals surface area contributed by atoms with Crippen molar-refractivity contribution in [3.63, 3.8) is 0 Å². The van der Waals surface area contributed by atoms with Crippen molar-refractivity contribution in [3.05, 3.63) is 285 Å². The highest BCUT2D eigenvalue weighted by Crippen LogP contribution is 2.41. The molecule has 7 aromatic heterocycles. The van der Waals surface area contributed by atoms with Crippen molar-refractivity contribution in [3.8, 4) is 39.6 Å². The SMILES string of the molecule is c1ccc(-n2c3ccccc3c3cc(-c4ccc5c(c4)n4c6ccccc6nc4n5-c4cnc5ccccc5n4)ccc32)cc1.c1ccc2nc(-n3c4ccc(-c5ccc6c7ccccc7c7ccccc7c6c5)cc4n4c5ccccc5nc34)cnc2c1. The molecule has 0 radical (unpaired) electrons. The summed E-state index contributed by atoms with van der Waals surface area (Å²) in [6.45, 7) is 0. The highest BCUT2D eigenvalue weighted by Gasteiger charge is 2.23. The van der Waals surface area contributed by atoms with Crippen LogP contribution in [0.5, 0.6) is 0 Å². The molecule has 0 bridgehead atoms. The lowest BCUT2D eigenvalue weighted by molar-refractivity contribution is 1.04. The maximum Gasteiger partial charge on any atom is 0.221 e. The quantitative estimate of drug-likeness (QED) is 0.159. The molecule has 11 heteroatoms. The van der Waals surface area contributed by atoms with E-state index in [0.29, 0.717) is 0 Å². The van der Waals surface area contributed by atoms with E-state index in [-0.39, 0.29) is 0 Å². The zero-order chi connectivity index (χ0) is 58.3. The van der Waals surface area contributed by atoms with Crippen LogP contribution in [0.4, 0.5) is 0 Å². The highest BCUT2D eigenvalue weighted by atomic mass is 15.3. The van der Waals surface area contributed by atoms with E-state index in [9.17, 15) is 0 Å². The van der Waals surface area contributed by atoms with Crippen molar-refractivity contribution in [1.29, 1.82) is 0 Å². The number of imidazole rings is 4. The summed E-state index contributed by atoms with van der Waals surface area (Å²) in [6, 6.07) is 96.2. The number of nitrogens with zero attached hydrogens (tertiary/aromatic N) is 11. The summed E-state index contributed by atoms with van der Waals surface area (Å²) in [6.07, 6.45) is 3.68. The maximum atomic E-state index is 5.07. The van der Waals surface area contributed by atoms with Gasteiger partial charge in [0.15, 0.2) is 11.6 Å². The summed E-state index contributed by atoms with van der Waals surface area (Å²) in [5.41, 5.74) is 19.8. The van der Waals surface area contributed by atoms with E-state index in [1.54, 1.807) is 0 Å². The number of benzene rings is 13. The third-order valence-electron chi connectivity index (χ3n) is 17.8. The second kappa shape index (κ2) is 19.1. The van der Waals surface area contributed by atoms with Crippen molar-refractivity contribution >= 4 is 132 Å². The van der Waals surface area contributed by atoms with Crippen LogP contribution < -0.4 is 0 Å². The Morgan fingerprint density at radius 2 is 0.584 bits per heavy atom. The number of hydrogen-bond acceptors (Lipinski definition) is 6. The molecule has 0 aliphatic heterocycles. The van der Waals surface area contributed by atoms with Crippen LogP contribution in [0.3, 0.4) is 0 Å². The number of aromatic nitrogens is 11. The van der Waals surface area contributed by atoms with Gasteiger partial charge in [-0.25, -0.2) is 19.9 Å². The molecular weight excluding hydrogens is 1090 g/mol. The molecule has 20 rings (SSSR count). The molecule has 414 valence electrons. The minimum absolute atomic E-state index is 0.742. The van der Waals surface area contributed by atoms with Crippen molar-refractivity contribution < 1.29 is 0 Å². The lowest BCUT2D eigenvalue weighted by atomic mass is 9.92. The van der Waals surface area contributed by atoms with Gasteiger partial charge >= 0.3 is 0 Å². The first-order chi connectivity index (χ1) is 44.1.